The molecular weight excluding hydrogens is 198 g/mol. The molecule has 16 heavy (non-hydrogen) atoms. The summed E-state index contributed by atoms with van der Waals surface area (Å²) in [4.78, 5) is 0. The van der Waals surface area contributed by atoms with E-state index < -0.39 is 0 Å². The third kappa shape index (κ3) is 2.67. The van der Waals surface area contributed by atoms with Crippen molar-refractivity contribution in [3.8, 4) is 0 Å². The second-order valence-electron chi connectivity index (χ2n) is 5.20. The molecule has 0 radical (unpaired) electrons. The van der Waals surface area contributed by atoms with Gasteiger partial charge in [0, 0.05) is 11.6 Å². The van der Waals surface area contributed by atoms with Gasteiger partial charge in [-0.15, -0.1) is 0 Å². The maximum atomic E-state index is 6.23. The average Bonchev–Trinajstić information content (AvgIpc) is 2.84. The number of rotatable bonds is 4. The maximum absolute atomic E-state index is 6.23. The van der Waals surface area contributed by atoms with Gasteiger partial charge in [0.1, 0.15) is 11.5 Å². The standard InChI is InChI=1S/C14H23NO/c1-10-9-13(11(2)16-10)14(15)8-7-12-5-3-4-6-12/h9,12,14H,3-8,15H2,1-2H3. The fraction of sp³-hybridized carbons (Fsp3) is 0.714. The van der Waals surface area contributed by atoms with Crippen LogP contribution in [0.4, 0.5) is 0 Å². The Morgan fingerprint density at radius 3 is 2.62 bits per heavy atom. The highest BCUT2D eigenvalue weighted by atomic mass is 16.3. The molecule has 0 spiro atoms. The van der Waals surface area contributed by atoms with E-state index in [0.717, 1.165) is 23.9 Å². The van der Waals surface area contributed by atoms with Gasteiger partial charge in [0.2, 0.25) is 0 Å². The zero-order valence-electron chi connectivity index (χ0n) is 10.5. The Kier molecular flexibility index (Phi) is 3.70. The Labute approximate surface area is 98.2 Å². The first-order chi connectivity index (χ1) is 7.66. The predicted molar refractivity (Wildman–Crippen MR) is 66.3 cm³/mol. The quantitative estimate of drug-likeness (QED) is 0.838. The van der Waals surface area contributed by atoms with Crippen molar-refractivity contribution in [1.29, 1.82) is 0 Å². The van der Waals surface area contributed by atoms with Crippen molar-refractivity contribution in [2.45, 2.75) is 58.4 Å². The number of nitrogens with two attached hydrogens (primary N) is 1. The largest absolute Gasteiger partial charge is 0.466 e. The van der Waals surface area contributed by atoms with E-state index in [1.165, 1.54) is 37.7 Å². The van der Waals surface area contributed by atoms with Gasteiger partial charge in [0.25, 0.3) is 0 Å². The van der Waals surface area contributed by atoms with Crippen LogP contribution in [0.5, 0.6) is 0 Å². The second-order valence-corrected chi connectivity index (χ2v) is 5.20. The molecule has 2 heteroatoms. The van der Waals surface area contributed by atoms with E-state index >= 15 is 0 Å². The molecule has 0 bridgehead atoms. The minimum Gasteiger partial charge on any atom is -0.466 e. The van der Waals surface area contributed by atoms with Crippen LogP contribution in [0.3, 0.4) is 0 Å². The number of hydrogen-bond donors (Lipinski definition) is 1. The lowest BCUT2D eigenvalue weighted by molar-refractivity contribution is 0.447. The summed E-state index contributed by atoms with van der Waals surface area (Å²) < 4.78 is 5.53. The summed E-state index contributed by atoms with van der Waals surface area (Å²) in [7, 11) is 0. The van der Waals surface area contributed by atoms with Crippen LogP contribution >= 0.6 is 0 Å². The van der Waals surface area contributed by atoms with Crippen molar-refractivity contribution in [1.82, 2.24) is 0 Å². The normalized spacial score (nSPS) is 19.2. The molecule has 1 aliphatic carbocycles. The van der Waals surface area contributed by atoms with Gasteiger partial charge in [0.05, 0.1) is 0 Å². The monoisotopic (exact) mass is 221 g/mol. The smallest absolute Gasteiger partial charge is 0.105 e. The van der Waals surface area contributed by atoms with E-state index in [1.807, 2.05) is 13.8 Å². The van der Waals surface area contributed by atoms with Crippen LogP contribution < -0.4 is 5.73 Å². The van der Waals surface area contributed by atoms with Crippen LogP contribution in [-0.2, 0) is 0 Å². The Balaban J connectivity index is 1.87. The highest BCUT2D eigenvalue weighted by molar-refractivity contribution is 5.23. The fourth-order valence-corrected chi connectivity index (χ4v) is 2.89. The SMILES string of the molecule is Cc1cc(C(N)CCC2CCCC2)c(C)o1. The van der Waals surface area contributed by atoms with Crippen LogP contribution in [0.25, 0.3) is 0 Å². The first-order valence-corrected chi connectivity index (χ1v) is 6.49. The zero-order valence-corrected chi connectivity index (χ0v) is 10.5. The lowest BCUT2D eigenvalue weighted by atomic mass is 9.95. The average molecular weight is 221 g/mol. The van der Waals surface area contributed by atoms with Gasteiger partial charge in [0.15, 0.2) is 0 Å². The molecule has 1 aliphatic rings. The molecule has 2 N–H and O–H groups in total. The molecule has 0 aliphatic heterocycles. The zero-order chi connectivity index (χ0) is 11.5. The summed E-state index contributed by atoms with van der Waals surface area (Å²) in [6.45, 7) is 4.00. The third-order valence-electron chi connectivity index (χ3n) is 3.84. The van der Waals surface area contributed by atoms with Crippen LogP contribution in [0, 0.1) is 19.8 Å². The van der Waals surface area contributed by atoms with Crippen LogP contribution in [0.2, 0.25) is 0 Å². The molecule has 1 atom stereocenters. The van der Waals surface area contributed by atoms with E-state index in [9.17, 15) is 0 Å². The van der Waals surface area contributed by atoms with E-state index in [1.54, 1.807) is 0 Å². The summed E-state index contributed by atoms with van der Waals surface area (Å²) >= 11 is 0. The molecule has 1 aromatic rings. The summed E-state index contributed by atoms with van der Waals surface area (Å²) in [5.74, 6) is 2.90. The van der Waals surface area contributed by atoms with Crippen molar-refractivity contribution >= 4 is 0 Å². The fourth-order valence-electron chi connectivity index (χ4n) is 2.89. The van der Waals surface area contributed by atoms with E-state index in [0.29, 0.717) is 0 Å². The van der Waals surface area contributed by atoms with Crippen LogP contribution in [-0.4, -0.2) is 0 Å². The molecule has 0 saturated heterocycles. The minimum absolute atomic E-state index is 0.165. The highest BCUT2D eigenvalue weighted by Gasteiger charge is 2.18. The molecule has 1 fully saturated rings. The molecule has 1 saturated carbocycles. The maximum Gasteiger partial charge on any atom is 0.105 e. The Morgan fingerprint density at radius 1 is 1.38 bits per heavy atom. The summed E-state index contributed by atoms with van der Waals surface area (Å²) in [6.07, 6.45) is 8.05. The van der Waals surface area contributed by atoms with Crippen LogP contribution in [0.1, 0.15) is 61.7 Å². The molecule has 1 heterocycles. The molecule has 2 rings (SSSR count). The van der Waals surface area contributed by atoms with Gasteiger partial charge in [-0.3, -0.25) is 0 Å². The topological polar surface area (TPSA) is 39.2 Å². The minimum atomic E-state index is 0.165. The lowest BCUT2D eigenvalue weighted by Gasteiger charge is -2.14. The van der Waals surface area contributed by atoms with Gasteiger partial charge >= 0.3 is 0 Å². The summed E-state index contributed by atoms with van der Waals surface area (Å²) in [6, 6.07) is 2.26. The molecule has 1 unspecified atom stereocenters. The number of aryl methyl sites for hydroxylation is 2. The molecular formula is C14H23NO. The molecule has 0 aromatic carbocycles. The van der Waals surface area contributed by atoms with Gasteiger partial charge in [-0.05, 0) is 38.7 Å². The van der Waals surface area contributed by atoms with E-state index in [2.05, 4.69) is 6.07 Å². The number of furan rings is 1. The van der Waals surface area contributed by atoms with Crippen molar-refractivity contribution in [2.24, 2.45) is 11.7 Å². The Hall–Kier alpha value is -0.760. The van der Waals surface area contributed by atoms with Crippen molar-refractivity contribution in [3.05, 3.63) is 23.2 Å². The predicted octanol–water partition coefficient (Wildman–Crippen LogP) is 3.87. The molecule has 0 amide bonds. The van der Waals surface area contributed by atoms with Gasteiger partial charge < -0.3 is 10.2 Å². The Morgan fingerprint density at radius 2 is 2.06 bits per heavy atom. The lowest BCUT2D eigenvalue weighted by Crippen LogP contribution is -2.12. The molecule has 1 aromatic heterocycles. The number of hydrogen-bond acceptors (Lipinski definition) is 2. The first kappa shape index (κ1) is 11.7. The Bertz CT molecular complexity index is 337. The molecule has 2 nitrogen and oxygen atoms in total. The van der Waals surface area contributed by atoms with E-state index in [-0.39, 0.29) is 6.04 Å². The molecule has 90 valence electrons. The highest BCUT2D eigenvalue weighted by Crippen LogP contribution is 2.31. The van der Waals surface area contributed by atoms with Crippen molar-refractivity contribution in [3.63, 3.8) is 0 Å². The first-order valence-electron chi connectivity index (χ1n) is 6.49. The van der Waals surface area contributed by atoms with Gasteiger partial charge in [-0.1, -0.05) is 25.7 Å². The van der Waals surface area contributed by atoms with Crippen molar-refractivity contribution < 1.29 is 4.42 Å². The van der Waals surface area contributed by atoms with Gasteiger partial charge in [-0.25, -0.2) is 0 Å². The summed E-state index contributed by atoms with van der Waals surface area (Å²) in [5.41, 5.74) is 7.43. The summed E-state index contributed by atoms with van der Waals surface area (Å²) in [5, 5.41) is 0. The van der Waals surface area contributed by atoms with Crippen LogP contribution in [0.15, 0.2) is 10.5 Å². The van der Waals surface area contributed by atoms with Gasteiger partial charge in [-0.2, -0.15) is 0 Å². The van der Waals surface area contributed by atoms with Crippen molar-refractivity contribution in [2.75, 3.05) is 0 Å². The second kappa shape index (κ2) is 5.05. The van der Waals surface area contributed by atoms with E-state index in [4.69, 9.17) is 10.2 Å². The third-order valence-corrected chi connectivity index (χ3v) is 3.84.